The Labute approximate surface area is 112 Å². The molecule has 0 aliphatic carbocycles. The van der Waals surface area contributed by atoms with E-state index in [0.29, 0.717) is 11.6 Å². The summed E-state index contributed by atoms with van der Waals surface area (Å²) >= 11 is 0. The smallest absolute Gasteiger partial charge is 0.219 e. The second-order valence-electron chi connectivity index (χ2n) is 4.43. The van der Waals surface area contributed by atoms with Crippen LogP contribution >= 0.6 is 0 Å². The summed E-state index contributed by atoms with van der Waals surface area (Å²) in [5, 5.41) is 0. The average Bonchev–Trinajstić information content (AvgIpc) is 2.43. The van der Waals surface area contributed by atoms with E-state index < -0.39 is 0 Å². The molecule has 100 valence electrons. The van der Waals surface area contributed by atoms with Crippen molar-refractivity contribution >= 4 is 0 Å². The van der Waals surface area contributed by atoms with E-state index in [1.807, 2.05) is 6.07 Å². The van der Waals surface area contributed by atoms with Crippen LogP contribution in [0.3, 0.4) is 0 Å². The molecule has 2 N–H and O–H groups in total. The lowest BCUT2D eigenvalue weighted by molar-refractivity contribution is 0.460. The van der Waals surface area contributed by atoms with Crippen molar-refractivity contribution in [3.05, 3.63) is 54.0 Å². The van der Waals surface area contributed by atoms with E-state index in [4.69, 9.17) is 10.5 Å². The van der Waals surface area contributed by atoms with Gasteiger partial charge >= 0.3 is 0 Å². The van der Waals surface area contributed by atoms with Crippen molar-refractivity contribution in [2.75, 3.05) is 0 Å². The molecule has 1 aromatic carbocycles. The molecule has 0 saturated carbocycles. The third kappa shape index (κ3) is 4.03. The molecule has 4 heteroatoms. The molecule has 1 unspecified atom stereocenters. The summed E-state index contributed by atoms with van der Waals surface area (Å²) in [4.78, 5) is 4.21. The molecule has 0 saturated heterocycles. The molecule has 0 bridgehead atoms. The van der Waals surface area contributed by atoms with Crippen LogP contribution < -0.4 is 10.5 Å². The molecular weight excluding hydrogens is 243 g/mol. The predicted molar refractivity (Wildman–Crippen MR) is 72.7 cm³/mol. The zero-order chi connectivity index (χ0) is 13.7. The van der Waals surface area contributed by atoms with Crippen molar-refractivity contribution in [3.63, 3.8) is 0 Å². The highest BCUT2D eigenvalue weighted by Crippen LogP contribution is 2.19. The van der Waals surface area contributed by atoms with Crippen LogP contribution in [0.25, 0.3) is 0 Å². The SMILES string of the molecule is CCC(N)Cc1ccc(Oc2ccc(F)cc2)nc1. The summed E-state index contributed by atoms with van der Waals surface area (Å²) in [6.45, 7) is 2.06. The fourth-order valence-corrected chi connectivity index (χ4v) is 1.66. The van der Waals surface area contributed by atoms with E-state index >= 15 is 0 Å². The van der Waals surface area contributed by atoms with Gasteiger partial charge in [0.15, 0.2) is 0 Å². The molecule has 0 aliphatic rings. The van der Waals surface area contributed by atoms with Crippen LogP contribution in [0.2, 0.25) is 0 Å². The van der Waals surface area contributed by atoms with Crippen molar-refractivity contribution in [3.8, 4) is 11.6 Å². The monoisotopic (exact) mass is 260 g/mol. The Bertz CT molecular complexity index is 511. The standard InChI is InChI=1S/C15H17FN2O/c1-2-13(17)9-11-3-8-15(18-10-11)19-14-6-4-12(16)5-7-14/h3-8,10,13H,2,9,17H2,1H3. The van der Waals surface area contributed by atoms with Gasteiger partial charge in [0.05, 0.1) is 0 Å². The molecule has 0 spiro atoms. The highest BCUT2D eigenvalue weighted by Gasteiger charge is 2.03. The van der Waals surface area contributed by atoms with Crippen LogP contribution in [0.5, 0.6) is 11.6 Å². The molecule has 0 radical (unpaired) electrons. The van der Waals surface area contributed by atoms with Crippen LogP contribution in [-0.4, -0.2) is 11.0 Å². The lowest BCUT2D eigenvalue weighted by atomic mass is 10.1. The maximum atomic E-state index is 12.8. The summed E-state index contributed by atoms with van der Waals surface area (Å²) < 4.78 is 18.3. The maximum absolute atomic E-state index is 12.8. The minimum atomic E-state index is -0.288. The van der Waals surface area contributed by atoms with E-state index in [2.05, 4.69) is 11.9 Å². The van der Waals surface area contributed by atoms with Crippen molar-refractivity contribution in [1.82, 2.24) is 4.98 Å². The van der Waals surface area contributed by atoms with Crippen molar-refractivity contribution in [2.45, 2.75) is 25.8 Å². The summed E-state index contributed by atoms with van der Waals surface area (Å²) in [5.41, 5.74) is 6.97. The molecule has 3 nitrogen and oxygen atoms in total. The molecular formula is C15H17FN2O. The molecule has 2 rings (SSSR count). The van der Waals surface area contributed by atoms with Gasteiger partial charge in [-0.3, -0.25) is 0 Å². The highest BCUT2D eigenvalue weighted by atomic mass is 19.1. The van der Waals surface area contributed by atoms with E-state index in [9.17, 15) is 4.39 Å². The van der Waals surface area contributed by atoms with E-state index in [1.165, 1.54) is 12.1 Å². The zero-order valence-electron chi connectivity index (χ0n) is 10.8. The van der Waals surface area contributed by atoms with E-state index in [-0.39, 0.29) is 11.9 Å². The number of halogens is 1. The average molecular weight is 260 g/mol. The number of hydrogen-bond donors (Lipinski definition) is 1. The van der Waals surface area contributed by atoms with Gasteiger partial charge in [0, 0.05) is 18.3 Å². The lowest BCUT2D eigenvalue weighted by Gasteiger charge is -2.09. The van der Waals surface area contributed by atoms with Crippen LogP contribution in [-0.2, 0) is 6.42 Å². The van der Waals surface area contributed by atoms with Crippen LogP contribution in [0.4, 0.5) is 4.39 Å². The molecule has 0 fully saturated rings. The summed E-state index contributed by atoms with van der Waals surface area (Å²) in [6, 6.07) is 9.73. The highest BCUT2D eigenvalue weighted by molar-refractivity contribution is 5.28. The number of pyridine rings is 1. The van der Waals surface area contributed by atoms with Gasteiger partial charge < -0.3 is 10.5 Å². The van der Waals surface area contributed by atoms with Gasteiger partial charge in [-0.1, -0.05) is 13.0 Å². The number of rotatable bonds is 5. The number of ether oxygens (including phenoxy) is 1. The lowest BCUT2D eigenvalue weighted by Crippen LogP contribution is -2.21. The molecule has 1 heterocycles. The third-order valence-corrected chi connectivity index (χ3v) is 2.86. The van der Waals surface area contributed by atoms with Gasteiger partial charge in [-0.25, -0.2) is 9.37 Å². The first-order chi connectivity index (χ1) is 9.17. The molecule has 1 atom stereocenters. The first kappa shape index (κ1) is 13.5. The summed E-state index contributed by atoms with van der Waals surface area (Å²) in [5.74, 6) is 0.761. The molecule has 2 aromatic rings. The predicted octanol–water partition coefficient (Wildman–Crippen LogP) is 3.29. The fourth-order valence-electron chi connectivity index (χ4n) is 1.66. The van der Waals surface area contributed by atoms with Crippen LogP contribution in [0.1, 0.15) is 18.9 Å². The van der Waals surface area contributed by atoms with Gasteiger partial charge in [-0.05, 0) is 42.7 Å². The molecule has 0 amide bonds. The first-order valence-corrected chi connectivity index (χ1v) is 6.31. The van der Waals surface area contributed by atoms with Crippen molar-refractivity contribution < 1.29 is 9.13 Å². The topological polar surface area (TPSA) is 48.1 Å². The Hall–Kier alpha value is -1.94. The minimum Gasteiger partial charge on any atom is -0.439 e. The van der Waals surface area contributed by atoms with Crippen LogP contribution in [0.15, 0.2) is 42.6 Å². The van der Waals surface area contributed by atoms with Gasteiger partial charge in [-0.15, -0.1) is 0 Å². The molecule has 1 aromatic heterocycles. The zero-order valence-corrected chi connectivity index (χ0v) is 10.8. The first-order valence-electron chi connectivity index (χ1n) is 6.31. The van der Waals surface area contributed by atoms with Crippen molar-refractivity contribution in [1.29, 1.82) is 0 Å². The maximum Gasteiger partial charge on any atom is 0.219 e. The second-order valence-corrected chi connectivity index (χ2v) is 4.43. The number of benzene rings is 1. The molecule has 19 heavy (non-hydrogen) atoms. The Kier molecular flexibility index (Phi) is 4.47. The fraction of sp³-hybridized carbons (Fsp3) is 0.267. The number of nitrogens with zero attached hydrogens (tertiary/aromatic N) is 1. The molecule has 0 aliphatic heterocycles. The van der Waals surface area contributed by atoms with Crippen molar-refractivity contribution in [2.24, 2.45) is 5.73 Å². The minimum absolute atomic E-state index is 0.158. The second kappa shape index (κ2) is 6.29. The Balaban J connectivity index is 2.00. The Morgan fingerprint density at radius 2 is 1.95 bits per heavy atom. The summed E-state index contributed by atoms with van der Waals surface area (Å²) in [6.07, 6.45) is 3.50. The Morgan fingerprint density at radius 3 is 2.53 bits per heavy atom. The van der Waals surface area contributed by atoms with Gasteiger partial charge in [0.25, 0.3) is 0 Å². The normalized spacial score (nSPS) is 12.2. The van der Waals surface area contributed by atoms with Crippen LogP contribution in [0, 0.1) is 5.82 Å². The van der Waals surface area contributed by atoms with Gasteiger partial charge in [0.2, 0.25) is 5.88 Å². The van der Waals surface area contributed by atoms with Gasteiger partial charge in [0.1, 0.15) is 11.6 Å². The summed E-state index contributed by atoms with van der Waals surface area (Å²) in [7, 11) is 0. The third-order valence-electron chi connectivity index (χ3n) is 2.86. The van der Waals surface area contributed by atoms with Gasteiger partial charge in [-0.2, -0.15) is 0 Å². The number of nitrogens with two attached hydrogens (primary N) is 1. The van der Waals surface area contributed by atoms with E-state index in [1.54, 1.807) is 24.4 Å². The number of hydrogen-bond acceptors (Lipinski definition) is 3. The Morgan fingerprint density at radius 1 is 1.21 bits per heavy atom. The number of aromatic nitrogens is 1. The van der Waals surface area contributed by atoms with E-state index in [0.717, 1.165) is 18.4 Å². The largest absolute Gasteiger partial charge is 0.439 e. The quantitative estimate of drug-likeness (QED) is 0.897.